The van der Waals surface area contributed by atoms with Crippen molar-refractivity contribution < 1.29 is 19.1 Å². The average Bonchev–Trinajstić information content (AvgIpc) is 2.58. The van der Waals surface area contributed by atoms with E-state index in [-0.39, 0.29) is 17.8 Å². The molecule has 0 heterocycles. The Morgan fingerprint density at radius 1 is 1.25 bits per heavy atom. The third-order valence-corrected chi connectivity index (χ3v) is 4.78. The monoisotopic (exact) mass is 330 g/mol. The highest BCUT2D eigenvalue weighted by molar-refractivity contribution is 5.78. The van der Waals surface area contributed by atoms with E-state index < -0.39 is 11.8 Å². The molecule has 4 atom stereocenters. The van der Waals surface area contributed by atoms with Gasteiger partial charge in [-0.15, -0.1) is 0 Å². The van der Waals surface area contributed by atoms with E-state index in [1.165, 1.54) is 0 Å². The first-order valence-corrected chi connectivity index (χ1v) is 8.50. The summed E-state index contributed by atoms with van der Waals surface area (Å²) >= 11 is 0. The molecule has 0 spiro atoms. The average molecular weight is 330 g/mol. The van der Waals surface area contributed by atoms with Gasteiger partial charge in [0, 0.05) is 11.8 Å². The fourth-order valence-electron chi connectivity index (χ4n) is 3.32. The maximum Gasteiger partial charge on any atom is 0.310 e. The largest absolute Gasteiger partial charge is 0.466 e. The molecule has 24 heavy (non-hydrogen) atoms. The third-order valence-electron chi connectivity index (χ3n) is 4.78. The van der Waals surface area contributed by atoms with Gasteiger partial charge in [0.05, 0.1) is 25.7 Å². The molecule has 1 aliphatic carbocycles. The van der Waals surface area contributed by atoms with Crippen molar-refractivity contribution in [2.75, 3.05) is 13.2 Å². The molecule has 0 unspecified atom stereocenters. The van der Waals surface area contributed by atoms with Crippen LogP contribution in [0.1, 0.15) is 26.3 Å². The Morgan fingerprint density at radius 3 is 2.58 bits per heavy atom. The van der Waals surface area contributed by atoms with Crippen LogP contribution in [0.3, 0.4) is 0 Å². The first-order valence-electron chi connectivity index (χ1n) is 8.50. The van der Waals surface area contributed by atoms with Gasteiger partial charge in [0.1, 0.15) is 6.29 Å². The molecule has 4 nitrogen and oxygen atoms in total. The van der Waals surface area contributed by atoms with Crippen LogP contribution in [-0.2, 0) is 25.7 Å². The molecular weight excluding hydrogens is 304 g/mol. The number of hydrogen-bond acceptors (Lipinski definition) is 4. The van der Waals surface area contributed by atoms with E-state index in [1.54, 1.807) is 6.92 Å². The Kier molecular flexibility index (Phi) is 6.73. The van der Waals surface area contributed by atoms with Gasteiger partial charge in [-0.25, -0.2) is 0 Å². The van der Waals surface area contributed by atoms with Crippen LogP contribution in [0.25, 0.3) is 0 Å². The highest BCUT2D eigenvalue weighted by Gasteiger charge is 2.42. The summed E-state index contributed by atoms with van der Waals surface area (Å²) in [6.07, 6.45) is 2.96. The standard InChI is InChI=1S/C20H26O4/c1-4-24-20(22)19-15(3)14(2)10-17(18(19)11-21)13-23-12-16-8-6-5-7-9-16/h5-11,15,17-19H,4,12-13H2,1-3H3/t15-,17-,18-,19-/m1/s1. The third kappa shape index (κ3) is 4.32. The zero-order valence-corrected chi connectivity index (χ0v) is 14.6. The molecule has 0 aromatic heterocycles. The van der Waals surface area contributed by atoms with Crippen molar-refractivity contribution in [3.8, 4) is 0 Å². The maximum absolute atomic E-state index is 12.3. The van der Waals surface area contributed by atoms with E-state index in [2.05, 4.69) is 6.08 Å². The first kappa shape index (κ1) is 18.4. The van der Waals surface area contributed by atoms with Gasteiger partial charge in [0.2, 0.25) is 0 Å². The summed E-state index contributed by atoms with van der Waals surface area (Å²) in [4.78, 5) is 24.0. The lowest BCUT2D eigenvalue weighted by atomic mass is 9.69. The van der Waals surface area contributed by atoms with E-state index >= 15 is 0 Å². The second-order valence-corrected chi connectivity index (χ2v) is 6.36. The Labute approximate surface area is 143 Å². The summed E-state index contributed by atoms with van der Waals surface area (Å²) in [6, 6.07) is 9.90. The highest BCUT2D eigenvalue weighted by Crippen LogP contribution is 2.38. The summed E-state index contributed by atoms with van der Waals surface area (Å²) in [5, 5.41) is 0. The van der Waals surface area contributed by atoms with Crippen LogP contribution in [0.4, 0.5) is 0 Å². The molecule has 4 heteroatoms. The highest BCUT2D eigenvalue weighted by atomic mass is 16.5. The number of allylic oxidation sites excluding steroid dienone is 1. The van der Waals surface area contributed by atoms with Gasteiger partial charge in [0.15, 0.2) is 0 Å². The van der Waals surface area contributed by atoms with Gasteiger partial charge >= 0.3 is 5.97 Å². The van der Waals surface area contributed by atoms with Crippen LogP contribution < -0.4 is 0 Å². The topological polar surface area (TPSA) is 52.6 Å². The van der Waals surface area contributed by atoms with Gasteiger partial charge < -0.3 is 14.3 Å². The minimum atomic E-state index is -0.433. The maximum atomic E-state index is 12.3. The fraction of sp³-hybridized carbons (Fsp3) is 0.500. The zero-order chi connectivity index (χ0) is 17.5. The van der Waals surface area contributed by atoms with Gasteiger partial charge in [0.25, 0.3) is 0 Å². The summed E-state index contributed by atoms with van der Waals surface area (Å²) < 4.78 is 11.0. The lowest BCUT2D eigenvalue weighted by Gasteiger charge is -2.36. The number of aldehydes is 1. The van der Waals surface area contributed by atoms with Crippen LogP contribution in [0.5, 0.6) is 0 Å². The van der Waals surface area contributed by atoms with Crippen LogP contribution >= 0.6 is 0 Å². The van der Waals surface area contributed by atoms with Crippen molar-refractivity contribution in [1.29, 1.82) is 0 Å². The van der Waals surface area contributed by atoms with E-state index in [0.29, 0.717) is 19.8 Å². The first-order chi connectivity index (χ1) is 11.6. The van der Waals surface area contributed by atoms with E-state index in [1.807, 2.05) is 44.2 Å². The van der Waals surface area contributed by atoms with Crippen molar-refractivity contribution in [1.82, 2.24) is 0 Å². The van der Waals surface area contributed by atoms with Crippen molar-refractivity contribution in [3.05, 3.63) is 47.5 Å². The zero-order valence-electron chi connectivity index (χ0n) is 14.6. The molecular formula is C20H26O4. The molecule has 1 aromatic rings. The molecule has 1 aliphatic rings. The Morgan fingerprint density at radius 2 is 1.96 bits per heavy atom. The smallest absolute Gasteiger partial charge is 0.310 e. The predicted octanol–water partition coefficient (Wildman–Crippen LogP) is 3.41. The SMILES string of the molecule is CCOC(=O)[C@H]1[C@H](C=O)[C@@H](COCc2ccccc2)C=C(C)[C@H]1C. The number of ether oxygens (including phenoxy) is 2. The molecule has 0 bridgehead atoms. The summed E-state index contributed by atoms with van der Waals surface area (Å²) in [6.45, 7) is 7.00. The molecule has 0 N–H and O–H groups in total. The summed E-state index contributed by atoms with van der Waals surface area (Å²) in [5.74, 6) is -1.22. The minimum Gasteiger partial charge on any atom is -0.466 e. The second kappa shape index (κ2) is 8.78. The minimum absolute atomic E-state index is 0.00428. The van der Waals surface area contributed by atoms with Crippen LogP contribution in [0, 0.1) is 23.7 Å². The van der Waals surface area contributed by atoms with Crippen molar-refractivity contribution >= 4 is 12.3 Å². The number of carbonyl (C=O) groups is 2. The van der Waals surface area contributed by atoms with Gasteiger partial charge in [-0.1, -0.05) is 48.9 Å². The lowest BCUT2D eigenvalue weighted by molar-refractivity contribution is -0.154. The second-order valence-electron chi connectivity index (χ2n) is 6.36. The van der Waals surface area contributed by atoms with Gasteiger partial charge in [-0.05, 0) is 25.3 Å². The normalized spacial score (nSPS) is 26.5. The molecule has 0 saturated carbocycles. The van der Waals surface area contributed by atoms with Crippen molar-refractivity contribution in [2.24, 2.45) is 23.7 Å². The fourth-order valence-corrected chi connectivity index (χ4v) is 3.32. The van der Waals surface area contributed by atoms with E-state index in [4.69, 9.17) is 9.47 Å². The number of hydrogen-bond donors (Lipinski definition) is 0. The van der Waals surface area contributed by atoms with E-state index in [9.17, 15) is 9.59 Å². The van der Waals surface area contributed by atoms with Gasteiger partial charge in [-0.3, -0.25) is 4.79 Å². The summed E-state index contributed by atoms with van der Waals surface area (Å²) in [5.41, 5.74) is 2.20. The molecule has 1 aromatic carbocycles. The molecule has 130 valence electrons. The number of rotatable bonds is 7. The Hall–Kier alpha value is -1.94. The van der Waals surface area contributed by atoms with E-state index in [0.717, 1.165) is 17.4 Å². The van der Waals surface area contributed by atoms with Crippen molar-refractivity contribution in [3.63, 3.8) is 0 Å². The number of esters is 1. The summed E-state index contributed by atoms with van der Waals surface area (Å²) in [7, 11) is 0. The number of carbonyl (C=O) groups excluding carboxylic acids is 2. The molecule has 2 rings (SSSR count). The van der Waals surface area contributed by atoms with Crippen molar-refractivity contribution in [2.45, 2.75) is 27.4 Å². The van der Waals surface area contributed by atoms with Crippen LogP contribution in [0.2, 0.25) is 0 Å². The molecule has 0 fully saturated rings. The molecule has 0 saturated heterocycles. The Bertz CT molecular complexity index is 579. The molecule has 0 radical (unpaired) electrons. The Balaban J connectivity index is 2.06. The van der Waals surface area contributed by atoms with Crippen LogP contribution in [-0.4, -0.2) is 25.5 Å². The molecule has 0 aliphatic heterocycles. The van der Waals surface area contributed by atoms with Crippen LogP contribution in [0.15, 0.2) is 42.0 Å². The quantitative estimate of drug-likeness (QED) is 0.437. The molecule has 0 amide bonds. The van der Waals surface area contributed by atoms with Gasteiger partial charge in [-0.2, -0.15) is 0 Å². The lowest BCUT2D eigenvalue weighted by Crippen LogP contribution is -2.41. The number of benzene rings is 1. The predicted molar refractivity (Wildman–Crippen MR) is 92.2 cm³/mol.